The second-order valence-electron chi connectivity index (χ2n) is 3.06. The molecule has 0 fully saturated rings. The molecule has 0 aromatic heterocycles. The highest BCUT2D eigenvalue weighted by Gasteiger charge is 2.23. The molecule has 0 aliphatic rings. The molecule has 0 saturated carbocycles. The highest BCUT2D eigenvalue weighted by atomic mass is 35.7. The largest absolute Gasteiger partial charge is 0.326 e. The maximum Gasteiger partial charge on any atom is 0.264 e. The molecular formula is C9H7ClF2N2O2S. The van der Waals surface area contributed by atoms with Crippen molar-refractivity contribution in [3.8, 4) is 6.07 Å². The molecule has 0 unspecified atom stereocenters. The van der Waals surface area contributed by atoms with Crippen LogP contribution < -0.4 is 5.73 Å². The van der Waals surface area contributed by atoms with Crippen molar-refractivity contribution >= 4 is 19.7 Å². The van der Waals surface area contributed by atoms with Gasteiger partial charge in [-0.05, 0) is 11.6 Å². The van der Waals surface area contributed by atoms with E-state index in [0.29, 0.717) is 0 Å². The predicted octanol–water partition coefficient (Wildman–Crippen LogP) is 1.88. The lowest BCUT2D eigenvalue weighted by Crippen LogP contribution is -2.08. The maximum atomic E-state index is 12.6. The Bertz CT molecular complexity index is 581. The van der Waals surface area contributed by atoms with E-state index in [2.05, 4.69) is 0 Å². The summed E-state index contributed by atoms with van der Waals surface area (Å²) < 4.78 is 47.5. The Labute approximate surface area is 101 Å². The lowest BCUT2D eigenvalue weighted by molar-refractivity contribution is 0.150. The third-order valence-electron chi connectivity index (χ3n) is 2.12. The smallest absolute Gasteiger partial charge is 0.264 e. The van der Waals surface area contributed by atoms with Gasteiger partial charge in [-0.1, -0.05) is 6.07 Å². The molecular weight excluding hydrogens is 274 g/mol. The van der Waals surface area contributed by atoms with Gasteiger partial charge in [-0.3, -0.25) is 0 Å². The number of nitrogens with two attached hydrogens (primary N) is 1. The van der Waals surface area contributed by atoms with Gasteiger partial charge in [0.05, 0.1) is 5.56 Å². The number of rotatable bonds is 3. The average Bonchev–Trinajstić information content (AvgIpc) is 2.25. The predicted molar refractivity (Wildman–Crippen MR) is 57.0 cm³/mol. The third-order valence-corrected chi connectivity index (χ3v) is 3.49. The SMILES string of the molecule is N#Cc1c(S(=O)(=O)Cl)ccc(C(F)F)c1CN. The fraction of sp³-hybridized carbons (Fsp3) is 0.222. The minimum atomic E-state index is -4.17. The highest BCUT2D eigenvalue weighted by molar-refractivity contribution is 8.13. The summed E-state index contributed by atoms with van der Waals surface area (Å²) in [6.07, 6.45) is -2.84. The molecule has 92 valence electrons. The summed E-state index contributed by atoms with van der Waals surface area (Å²) in [4.78, 5) is -0.508. The van der Waals surface area contributed by atoms with Crippen LogP contribution in [0.1, 0.15) is 23.1 Å². The van der Waals surface area contributed by atoms with Gasteiger partial charge in [0.1, 0.15) is 11.0 Å². The molecule has 2 N–H and O–H groups in total. The van der Waals surface area contributed by atoms with E-state index >= 15 is 0 Å². The van der Waals surface area contributed by atoms with Gasteiger partial charge < -0.3 is 5.73 Å². The molecule has 0 aliphatic carbocycles. The average molecular weight is 281 g/mol. The van der Waals surface area contributed by atoms with E-state index in [4.69, 9.17) is 21.7 Å². The van der Waals surface area contributed by atoms with Gasteiger partial charge in [0, 0.05) is 22.8 Å². The van der Waals surface area contributed by atoms with E-state index in [1.165, 1.54) is 6.07 Å². The first-order valence-electron chi connectivity index (χ1n) is 4.31. The van der Waals surface area contributed by atoms with E-state index in [9.17, 15) is 17.2 Å². The summed E-state index contributed by atoms with van der Waals surface area (Å²) in [5.41, 5.74) is 4.16. The van der Waals surface area contributed by atoms with Gasteiger partial charge >= 0.3 is 0 Å². The van der Waals surface area contributed by atoms with Crippen LogP contribution in [0.4, 0.5) is 8.78 Å². The van der Waals surface area contributed by atoms with Gasteiger partial charge in [0.2, 0.25) is 0 Å². The van der Waals surface area contributed by atoms with Crippen molar-refractivity contribution in [2.24, 2.45) is 5.73 Å². The number of benzene rings is 1. The van der Waals surface area contributed by atoms with Crippen molar-refractivity contribution in [2.45, 2.75) is 17.9 Å². The number of halogens is 3. The second kappa shape index (κ2) is 4.96. The maximum absolute atomic E-state index is 12.6. The number of nitrogens with zero attached hydrogens (tertiary/aromatic N) is 1. The van der Waals surface area contributed by atoms with Crippen LogP contribution in [0.2, 0.25) is 0 Å². The Morgan fingerprint density at radius 2 is 2.06 bits per heavy atom. The van der Waals surface area contributed by atoms with Gasteiger partial charge in [0.15, 0.2) is 0 Å². The lowest BCUT2D eigenvalue weighted by atomic mass is 10.0. The van der Waals surface area contributed by atoms with E-state index in [1.807, 2.05) is 0 Å². The highest BCUT2D eigenvalue weighted by Crippen LogP contribution is 2.30. The molecule has 0 spiro atoms. The molecule has 1 aromatic rings. The van der Waals surface area contributed by atoms with Crippen LogP contribution >= 0.6 is 10.7 Å². The molecule has 0 atom stereocenters. The Hall–Kier alpha value is -1.23. The van der Waals surface area contributed by atoms with Crippen LogP contribution in [0.15, 0.2) is 17.0 Å². The first-order chi connectivity index (χ1) is 7.82. The summed E-state index contributed by atoms with van der Waals surface area (Å²) in [7, 11) is 0.925. The van der Waals surface area contributed by atoms with Crippen LogP contribution in [0.5, 0.6) is 0 Å². The molecule has 0 amide bonds. The molecule has 1 rings (SSSR count). The van der Waals surface area contributed by atoms with Crippen LogP contribution in [-0.4, -0.2) is 8.42 Å². The molecule has 0 saturated heterocycles. The van der Waals surface area contributed by atoms with Gasteiger partial charge in [-0.15, -0.1) is 0 Å². The van der Waals surface area contributed by atoms with Crippen molar-refractivity contribution in [3.63, 3.8) is 0 Å². The van der Waals surface area contributed by atoms with E-state index in [-0.39, 0.29) is 12.1 Å². The molecule has 1 aromatic carbocycles. The molecule has 8 heteroatoms. The Kier molecular flexibility index (Phi) is 4.03. The van der Waals surface area contributed by atoms with Crippen molar-refractivity contribution < 1.29 is 17.2 Å². The summed E-state index contributed by atoms with van der Waals surface area (Å²) in [6.45, 7) is -0.372. The van der Waals surface area contributed by atoms with Gasteiger partial charge in [-0.25, -0.2) is 17.2 Å². The molecule has 0 aliphatic heterocycles. The monoisotopic (exact) mass is 280 g/mol. The third kappa shape index (κ3) is 2.72. The van der Waals surface area contributed by atoms with Crippen molar-refractivity contribution in [1.29, 1.82) is 5.26 Å². The molecule has 0 heterocycles. The first kappa shape index (κ1) is 13.8. The zero-order valence-corrected chi connectivity index (χ0v) is 9.89. The van der Waals surface area contributed by atoms with Crippen molar-refractivity contribution in [1.82, 2.24) is 0 Å². The fourth-order valence-corrected chi connectivity index (χ4v) is 2.42. The van der Waals surface area contributed by atoms with E-state index in [1.54, 1.807) is 0 Å². The second-order valence-corrected chi connectivity index (χ2v) is 5.60. The Morgan fingerprint density at radius 3 is 2.41 bits per heavy atom. The first-order valence-corrected chi connectivity index (χ1v) is 6.62. The van der Waals surface area contributed by atoms with Crippen LogP contribution in [0, 0.1) is 11.3 Å². The quantitative estimate of drug-likeness (QED) is 0.857. The van der Waals surface area contributed by atoms with Gasteiger partial charge in [0.25, 0.3) is 15.5 Å². The lowest BCUT2D eigenvalue weighted by Gasteiger charge is -2.11. The van der Waals surface area contributed by atoms with Crippen molar-refractivity contribution in [2.75, 3.05) is 0 Å². The van der Waals surface area contributed by atoms with Crippen molar-refractivity contribution in [3.05, 3.63) is 28.8 Å². The topological polar surface area (TPSA) is 84.0 Å². The van der Waals surface area contributed by atoms with Crippen LogP contribution in [-0.2, 0) is 15.6 Å². The standard InChI is InChI=1S/C9H7ClF2N2O2S/c10-17(15,16)8-2-1-5(9(11)12)6(3-13)7(8)4-14/h1-2,9H,3,13H2. The summed E-state index contributed by atoms with van der Waals surface area (Å²) >= 11 is 0. The summed E-state index contributed by atoms with van der Waals surface area (Å²) in [6, 6.07) is 3.32. The number of alkyl halides is 2. The fourth-order valence-electron chi connectivity index (χ4n) is 1.39. The van der Waals surface area contributed by atoms with Crippen LogP contribution in [0.3, 0.4) is 0 Å². The zero-order valence-electron chi connectivity index (χ0n) is 8.32. The minimum Gasteiger partial charge on any atom is -0.326 e. The summed E-state index contributed by atoms with van der Waals surface area (Å²) in [5.74, 6) is 0. The Balaban J connectivity index is 3.68. The Morgan fingerprint density at radius 1 is 1.47 bits per heavy atom. The van der Waals surface area contributed by atoms with Crippen LogP contribution in [0.25, 0.3) is 0 Å². The summed E-state index contributed by atoms with van der Waals surface area (Å²) in [5, 5.41) is 8.83. The van der Waals surface area contributed by atoms with E-state index < -0.39 is 31.5 Å². The minimum absolute atomic E-state index is 0.204. The molecule has 17 heavy (non-hydrogen) atoms. The molecule has 0 bridgehead atoms. The zero-order chi connectivity index (χ0) is 13.2. The van der Waals surface area contributed by atoms with E-state index in [0.717, 1.165) is 12.1 Å². The number of hydrogen-bond acceptors (Lipinski definition) is 4. The molecule has 0 radical (unpaired) electrons. The number of nitriles is 1. The molecule has 4 nitrogen and oxygen atoms in total. The number of hydrogen-bond donors (Lipinski definition) is 1. The van der Waals surface area contributed by atoms with Gasteiger partial charge in [-0.2, -0.15) is 5.26 Å². The normalized spacial score (nSPS) is 11.5.